The number of hydrogen-bond donors (Lipinski definition) is 1. The maximum Gasteiger partial charge on any atom is 0.231 e. The van der Waals surface area contributed by atoms with Gasteiger partial charge in [-0.3, -0.25) is 4.79 Å². The monoisotopic (exact) mass is 430 g/mol. The molecule has 2 fully saturated rings. The third-order valence-corrected chi connectivity index (χ3v) is 7.40. The van der Waals surface area contributed by atoms with Crippen molar-refractivity contribution in [1.82, 2.24) is 10.2 Å². The van der Waals surface area contributed by atoms with Crippen molar-refractivity contribution in [3.05, 3.63) is 23.8 Å². The summed E-state index contributed by atoms with van der Waals surface area (Å²) in [6, 6.07) is 6.65. The van der Waals surface area contributed by atoms with Crippen molar-refractivity contribution in [3.63, 3.8) is 0 Å². The van der Waals surface area contributed by atoms with Crippen molar-refractivity contribution in [3.8, 4) is 11.5 Å². The molecule has 0 aromatic heterocycles. The molecule has 3 aliphatic rings. The van der Waals surface area contributed by atoms with Crippen molar-refractivity contribution >= 4 is 5.91 Å². The number of benzene rings is 1. The lowest BCUT2D eigenvalue weighted by atomic mass is 9.83. The summed E-state index contributed by atoms with van der Waals surface area (Å²) in [5, 5.41) is 3.20. The van der Waals surface area contributed by atoms with Crippen LogP contribution in [0.2, 0.25) is 0 Å². The lowest BCUT2D eigenvalue weighted by Gasteiger charge is -2.34. The SMILES string of the molecule is COC(C)CC(=O)NC1CCC(CCN2CCC(c3cccc4c3OCO4)CC2)CC1. The van der Waals surface area contributed by atoms with Gasteiger partial charge in [-0.05, 0) is 89.4 Å². The van der Waals surface area contributed by atoms with E-state index in [9.17, 15) is 4.79 Å². The molecule has 1 saturated heterocycles. The van der Waals surface area contributed by atoms with Gasteiger partial charge in [0.2, 0.25) is 12.7 Å². The molecule has 1 aromatic carbocycles. The van der Waals surface area contributed by atoms with Crippen LogP contribution < -0.4 is 14.8 Å². The molecule has 1 saturated carbocycles. The molecule has 0 spiro atoms. The Hall–Kier alpha value is -1.79. The van der Waals surface area contributed by atoms with E-state index in [1.807, 2.05) is 13.0 Å². The van der Waals surface area contributed by atoms with Crippen molar-refractivity contribution in [2.24, 2.45) is 5.92 Å². The third kappa shape index (κ3) is 5.92. The van der Waals surface area contributed by atoms with Gasteiger partial charge < -0.3 is 24.4 Å². The smallest absolute Gasteiger partial charge is 0.231 e. The number of nitrogens with zero attached hydrogens (tertiary/aromatic N) is 1. The Kier molecular flexibility index (Phi) is 7.72. The van der Waals surface area contributed by atoms with Gasteiger partial charge in [0, 0.05) is 18.7 Å². The van der Waals surface area contributed by atoms with Crippen LogP contribution in [0, 0.1) is 5.92 Å². The number of hydrogen-bond acceptors (Lipinski definition) is 5. The molecule has 1 atom stereocenters. The van der Waals surface area contributed by atoms with Crippen LogP contribution in [0.4, 0.5) is 0 Å². The van der Waals surface area contributed by atoms with Crippen LogP contribution in [0.1, 0.15) is 69.8 Å². The minimum atomic E-state index is -0.0100. The van der Waals surface area contributed by atoms with Crippen molar-refractivity contribution < 1.29 is 19.0 Å². The van der Waals surface area contributed by atoms with Gasteiger partial charge in [0.25, 0.3) is 0 Å². The molecule has 4 rings (SSSR count). The topological polar surface area (TPSA) is 60.0 Å². The Morgan fingerprint density at radius 2 is 1.94 bits per heavy atom. The van der Waals surface area contributed by atoms with Gasteiger partial charge in [-0.25, -0.2) is 0 Å². The number of ether oxygens (including phenoxy) is 3. The Morgan fingerprint density at radius 1 is 1.16 bits per heavy atom. The van der Waals surface area contributed by atoms with E-state index in [0.717, 1.165) is 43.3 Å². The normalized spacial score (nSPS) is 25.4. The molecule has 0 bridgehead atoms. The Labute approximate surface area is 186 Å². The fourth-order valence-corrected chi connectivity index (χ4v) is 5.33. The fourth-order valence-electron chi connectivity index (χ4n) is 5.33. The molecule has 172 valence electrons. The van der Waals surface area contributed by atoms with Crippen molar-refractivity contribution in [2.45, 2.75) is 76.4 Å². The first-order chi connectivity index (χ1) is 15.1. The highest BCUT2D eigenvalue weighted by Crippen LogP contribution is 2.42. The van der Waals surface area contributed by atoms with Crippen LogP contribution >= 0.6 is 0 Å². The first-order valence-corrected chi connectivity index (χ1v) is 12.1. The number of carbonyl (C=O) groups is 1. The number of methoxy groups -OCH3 is 1. The van der Waals surface area contributed by atoms with E-state index >= 15 is 0 Å². The van der Waals surface area contributed by atoms with Crippen LogP contribution in [-0.2, 0) is 9.53 Å². The second-order valence-electron chi connectivity index (χ2n) is 9.52. The summed E-state index contributed by atoms with van der Waals surface area (Å²) >= 11 is 0. The fraction of sp³-hybridized carbons (Fsp3) is 0.720. The molecule has 1 unspecified atom stereocenters. The molecular formula is C25H38N2O4. The average Bonchev–Trinajstić information content (AvgIpc) is 3.28. The molecule has 2 aliphatic heterocycles. The summed E-state index contributed by atoms with van der Waals surface area (Å²) in [7, 11) is 1.66. The van der Waals surface area contributed by atoms with Crippen LogP contribution in [0.3, 0.4) is 0 Å². The zero-order valence-corrected chi connectivity index (χ0v) is 19.1. The highest BCUT2D eigenvalue weighted by Gasteiger charge is 2.28. The average molecular weight is 431 g/mol. The summed E-state index contributed by atoms with van der Waals surface area (Å²) in [6.07, 6.45) is 8.80. The Balaban J connectivity index is 1.14. The molecule has 6 heteroatoms. The Bertz CT molecular complexity index is 724. The predicted molar refractivity (Wildman–Crippen MR) is 121 cm³/mol. The zero-order chi connectivity index (χ0) is 21.6. The van der Waals surface area contributed by atoms with E-state index in [2.05, 4.69) is 22.3 Å². The summed E-state index contributed by atoms with van der Waals surface area (Å²) in [6.45, 7) is 5.82. The maximum absolute atomic E-state index is 12.1. The van der Waals surface area contributed by atoms with Crippen LogP contribution in [-0.4, -0.2) is 56.5 Å². The summed E-state index contributed by atoms with van der Waals surface area (Å²) in [4.78, 5) is 14.7. The quantitative estimate of drug-likeness (QED) is 0.673. The van der Waals surface area contributed by atoms with Crippen molar-refractivity contribution in [1.29, 1.82) is 0 Å². The number of rotatable bonds is 8. The van der Waals surface area contributed by atoms with E-state index in [4.69, 9.17) is 14.2 Å². The zero-order valence-electron chi connectivity index (χ0n) is 19.1. The molecule has 2 heterocycles. The van der Waals surface area contributed by atoms with Crippen molar-refractivity contribution in [2.75, 3.05) is 33.5 Å². The highest BCUT2D eigenvalue weighted by molar-refractivity contribution is 5.76. The molecule has 1 aromatic rings. The summed E-state index contributed by atoms with van der Waals surface area (Å²) in [5.41, 5.74) is 1.33. The minimum Gasteiger partial charge on any atom is -0.454 e. The lowest BCUT2D eigenvalue weighted by Crippen LogP contribution is -2.39. The standard InChI is InChI=1S/C25H38N2O4/c1-18(29-2)16-24(28)26-21-8-6-19(7-9-21)10-13-27-14-11-20(12-15-27)22-4-3-5-23-25(22)31-17-30-23/h3-5,18-21H,6-17H2,1-2H3,(H,26,28). The molecule has 6 nitrogen and oxygen atoms in total. The third-order valence-electron chi connectivity index (χ3n) is 7.40. The second kappa shape index (κ2) is 10.7. The van der Waals surface area contributed by atoms with Gasteiger partial charge in [-0.1, -0.05) is 12.1 Å². The maximum atomic E-state index is 12.1. The second-order valence-corrected chi connectivity index (χ2v) is 9.52. The summed E-state index contributed by atoms with van der Waals surface area (Å²) in [5.74, 6) is 3.38. The number of para-hydroxylation sites is 1. The molecular weight excluding hydrogens is 392 g/mol. The van der Waals surface area contributed by atoms with Crippen LogP contribution in [0.5, 0.6) is 11.5 Å². The van der Waals surface area contributed by atoms with Gasteiger partial charge in [0.05, 0.1) is 12.5 Å². The summed E-state index contributed by atoms with van der Waals surface area (Å²) < 4.78 is 16.5. The van der Waals surface area contributed by atoms with Gasteiger partial charge >= 0.3 is 0 Å². The Morgan fingerprint density at radius 3 is 2.68 bits per heavy atom. The number of nitrogens with one attached hydrogen (secondary N) is 1. The number of amides is 1. The van der Waals surface area contributed by atoms with E-state index in [1.165, 1.54) is 44.2 Å². The number of carbonyl (C=O) groups excluding carboxylic acids is 1. The number of fused-ring (bicyclic) bond motifs is 1. The lowest BCUT2D eigenvalue weighted by molar-refractivity contribution is -0.124. The van der Waals surface area contributed by atoms with E-state index in [-0.39, 0.29) is 12.0 Å². The first-order valence-electron chi connectivity index (χ1n) is 12.1. The van der Waals surface area contributed by atoms with Gasteiger partial charge in [0.1, 0.15) is 0 Å². The number of likely N-dealkylation sites (tertiary alicyclic amines) is 1. The van der Waals surface area contributed by atoms with Gasteiger partial charge in [0.15, 0.2) is 11.5 Å². The van der Waals surface area contributed by atoms with E-state index in [1.54, 1.807) is 7.11 Å². The molecule has 1 N–H and O–H groups in total. The van der Waals surface area contributed by atoms with Gasteiger partial charge in [-0.15, -0.1) is 0 Å². The van der Waals surface area contributed by atoms with Gasteiger partial charge in [-0.2, -0.15) is 0 Å². The first kappa shape index (κ1) is 22.4. The van der Waals surface area contributed by atoms with E-state index < -0.39 is 0 Å². The molecule has 31 heavy (non-hydrogen) atoms. The molecule has 1 amide bonds. The predicted octanol–water partition coefficient (Wildman–Crippen LogP) is 4.08. The molecule has 1 aliphatic carbocycles. The van der Waals surface area contributed by atoms with E-state index in [0.29, 0.717) is 25.2 Å². The van der Waals surface area contributed by atoms with Crippen LogP contribution in [0.15, 0.2) is 18.2 Å². The largest absolute Gasteiger partial charge is 0.454 e. The van der Waals surface area contributed by atoms with Crippen LogP contribution in [0.25, 0.3) is 0 Å². The molecule has 0 radical (unpaired) electrons. The minimum absolute atomic E-state index is 0.0100. The number of piperidine rings is 1. The highest BCUT2D eigenvalue weighted by atomic mass is 16.7.